The van der Waals surface area contributed by atoms with Gasteiger partial charge in [-0.15, -0.1) is 0 Å². The molecule has 374 valence electrons. The molecular weight excluding hydrogens is 817 g/mol. The number of rotatable bonds is 47. The highest BCUT2D eigenvalue weighted by atomic mass is 16.6. The molecule has 0 saturated heterocycles. The van der Waals surface area contributed by atoms with Crippen LogP contribution in [0.25, 0.3) is 0 Å². The summed E-state index contributed by atoms with van der Waals surface area (Å²) < 4.78 is 16.7. The van der Waals surface area contributed by atoms with Crippen LogP contribution >= 0.6 is 0 Å². The van der Waals surface area contributed by atoms with Crippen molar-refractivity contribution in [3.05, 3.63) is 109 Å². The molecule has 0 aromatic carbocycles. The highest BCUT2D eigenvalue weighted by Crippen LogP contribution is 2.14. The van der Waals surface area contributed by atoms with E-state index in [1.807, 2.05) is 0 Å². The van der Waals surface area contributed by atoms with Crippen molar-refractivity contribution in [1.29, 1.82) is 0 Å². The van der Waals surface area contributed by atoms with Gasteiger partial charge in [-0.3, -0.25) is 14.4 Å². The van der Waals surface area contributed by atoms with E-state index in [0.717, 1.165) is 135 Å². The van der Waals surface area contributed by atoms with Crippen molar-refractivity contribution in [2.45, 2.75) is 239 Å². The monoisotopic (exact) mass is 915 g/mol. The van der Waals surface area contributed by atoms with Gasteiger partial charge in [0.05, 0.1) is 0 Å². The SMILES string of the molecule is CC/C=C\C/C=C\C/C=C\C/C=C\C/C=C\C/C=C\CCCCCCC(=O)OCC(COC(=O)CCCCCCCCCC)OC(=O)CCCCCCCCC/C=C\C/C=C\C/C=C\CC. The smallest absolute Gasteiger partial charge is 0.306 e. The van der Waals surface area contributed by atoms with Crippen LogP contribution in [0, 0.1) is 0 Å². The fourth-order valence-corrected chi connectivity index (χ4v) is 7.05. The molecule has 0 spiro atoms. The van der Waals surface area contributed by atoms with Gasteiger partial charge in [-0.1, -0.05) is 220 Å². The number of unbranched alkanes of at least 4 members (excludes halogenated alkanes) is 18. The fraction of sp³-hybridized carbons (Fsp3) is 0.650. The largest absolute Gasteiger partial charge is 0.462 e. The van der Waals surface area contributed by atoms with Gasteiger partial charge in [0, 0.05) is 19.3 Å². The van der Waals surface area contributed by atoms with Gasteiger partial charge < -0.3 is 14.2 Å². The van der Waals surface area contributed by atoms with Crippen LogP contribution in [0.5, 0.6) is 0 Å². The van der Waals surface area contributed by atoms with E-state index in [9.17, 15) is 14.4 Å². The third kappa shape index (κ3) is 51.1. The van der Waals surface area contributed by atoms with Crippen LogP contribution in [0.1, 0.15) is 233 Å². The molecule has 0 amide bonds. The first kappa shape index (κ1) is 62.1. The van der Waals surface area contributed by atoms with Crippen LogP contribution in [0.2, 0.25) is 0 Å². The maximum Gasteiger partial charge on any atom is 0.306 e. The number of hydrogen-bond acceptors (Lipinski definition) is 6. The molecule has 0 rings (SSSR count). The number of esters is 3. The van der Waals surface area contributed by atoms with E-state index in [4.69, 9.17) is 14.2 Å². The first-order chi connectivity index (χ1) is 32.5. The third-order valence-electron chi connectivity index (χ3n) is 11.0. The lowest BCUT2D eigenvalue weighted by Gasteiger charge is -2.18. The van der Waals surface area contributed by atoms with Gasteiger partial charge in [0.15, 0.2) is 6.10 Å². The van der Waals surface area contributed by atoms with Crippen LogP contribution < -0.4 is 0 Å². The van der Waals surface area contributed by atoms with E-state index in [1.165, 1.54) is 57.8 Å². The number of hydrogen-bond donors (Lipinski definition) is 0. The predicted molar refractivity (Wildman–Crippen MR) is 283 cm³/mol. The summed E-state index contributed by atoms with van der Waals surface area (Å²) in [5, 5.41) is 0. The molecule has 0 aliphatic carbocycles. The summed E-state index contributed by atoms with van der Waals surface area (Å²) in [6, 6.07) is 0. The highest BCUT2D eigenvalue weighted by Gasteiger charge is 2.19. The van der Waals surface area contributed by atoms with Crippen molar-refractivity contribution in [3.8, 4) is 0 Å². The van der Waals surface area contributed by atoms with E-state index in [1.54, 1.807) is 0 Å². The molecule has 0 bridgehead atoms. The fourth-order valence-electron chi connectivity index (χ4n) is 7.05. The molecule has 0 aliphatic heterocycles. The Kier molecular flexibility index (Phi) is 50.5. The molecule has 0 aliphatic rings. The highest BCUT2D eigenvalue weighted by molar-refractivity contribution is 5.71. The van der Waals surface area contributed by atoms with Crippen LogP contribution in [0.3, 0.4) is 0 Å². The van der Waals surface area contributed by atoms with Gasteiger partial charge >= 0.3 is 17.9 Å². The summed E-state index contributed by atoms with van der Waals surface area (Å²) in [4.78, 5) is 37.9. The summed E-state index contributed by atoms with van der Waals surface area (Å²) in [5.74, 6) is -0.935. The normalized spacial score (nSPS) is 13.0. The minimum absolute atomic E-state index is 0.0913. The molecule has 6 nitrogen and oxygen atoms in total. The van der Waals surface area contributed by atoms with Gasteiger partial charge in [-0.05, 0) is 103 Å². The Morgan fingerprint density at radius 1 is 0.318 bits per heavy atom. The van der Waals surface area contributed by atoms with Crippen molar-refractivity contribution < 1.29 is 28.6 Å². The molecule has 0 saturated carbocycles. The number of allylic oxidation sites excluding steroid dienone is 18. The third-order valence-corrected chi connectivity index (χ3v) is 11.0. The molecule has 0 aromatic rings. The summed E-state index contributed by atoms with van der Waals surface area (Å²) in [6.07, 6.45) is 72.2. The maximum absolute atomic E-state index is 12.8. The lowest BCUT2D eigenvalue weighted by atomic mass is 10.1. The Balaban J connectivity index is 4.35. The zero-order valence-corrected chi connectivity index (χ0v) is 42.7. The molecule has 1 unspecified atom stereocenters. The zero-order chi connectivity index (χ0) is 47.9. The first-order valence-corrected chi connectivity index (χ1v) is 26.9. The second kappa shape index (κ2) is 53.7. The Bertz CT molecular complexity index is 1370. The molecule has 0 fully saturated rings. The number of carbonyl (C=O) groups is 3. The van der Waals surface area contributed by atoms with Crippen LogP contribution in [0.15, 0.2) is 109 Å². The summed E-state index contributed by atoms with van der Waals surface area (Å²) in [6.45, 7) is 6.35. The van der Waals surface area contributed by atoms with E-state index < -0.39 is 6.10 Å². The average Bonchev–Trinajstić information content (AvgIpc) is 3.31. The number of carbonyl (C=O) groups excluding carboxylic acids is 3. The lowest BCUT2D eigenvalue weighted by Crippen LogP contribution is -2.30. The summed E-state index contributed by atoms with van der Waals surface area (Å²) >= 11 is 0. The van der Waals surface area contributed by atoms with Crippen LogP contribution in [0.4, 0.5) is 0 Å². The van der Waals surface area contributed by atoms with Crippen molar-refractivity contribution >= 4 is 17.9 Å². The Hall–Kier alpha value is -3.93. The maximum atomic E-state index is 12.8. The molecule has 0 heterocycles. The van der Waals surface area contributed by atoms with Crippen molar-refractivity contribution in [1.82, 2.24) is 0 Å². The van der Waals surface area contributed by atoms with Crippen LogP contribution in [-0.2, 0) is 28.6 Å². The molecule has 6 heteroatoms. The number of ether oxygens (including phenoxy) is 3. The molecule has 0 radical (unpaired) electrons. The second-order valence-corrected chi connectivity index (χ2v) is 17.4. The van der Waals surface area contributed by atoms with Gasteiger partial charge in [0.2, 0.25) is 0 Å². The van der Waals surface area contributed by atoms with Gasteiger partial charge in [0.25, 0.3) is 0 Å². The summed E-state index contributed by atoms with van der Waals surface area (Å²) in [7, 11) is 0. The lowest BCUT2D eigenvalue weighted by molar-refractivity contribution is -0.167. The van der Waals surface area contributed by atoms with E-state index in [-0.39, 0.29) is 31.1 Å². The first-order valence-electron chi connectivity index (χ1n) is 26.9. The minimum Gasteiger partial charge on any atom is -0.462 e. The topological polar surface area (TPSA) is 78.9 Å². The predicted octanol–water partition coefficient (Wildman–Crippen LogP) is 17.9. The molecule has 1 atom stereocenters. The van der Waals surface area contributed by atoms with Gasteiger partial charge in [-0.25, -0.2) is 0 Å². The quantitative estimate of drug-likeness (QED) is 0.0262. The average molecular weight is 915 g/mol. The van der Waals surface area contributed by atoms with Crippen molar-refractivity contribution in [2.24, 2.45) is 0 Å². The molecular formula is C60H98O6. The van der Waals surface area contributed by atoms with Gasteiger partial charge in [0.1, 0.15) is 13.2 Å². The molecule has 0 N–H and O–H groups in total. The van der Waals surface area contributed by atoms with Crippen LogP contribution in [-0.4, -0.2) is 37.2 Å². The summed E-state index contributed by atoms with van der Waals surface area (Å²) in [5.41, 5.74) is 0. The Labute approximate surface area is 406 Å². The minimum atomic E-state index is -0.793. The molecule has 66 heavy (non-hydrogen) atoms. The van der Waals surface area contributed by atoms with Gasteiger partial charge in [-0.2, -0.15) is 0 Å². The standard InChI is InChI=1S/C60H98O6/c1-4-7-10-13-16-19-21-23-25-27-28-29-30-31-32-34-35-37-39-41-44-47-50-53-59(62)65-56-57(55-64-58(61)52-49-46-43-18-15-12-9-6-3)66-60(63)54-51-48-45-42-40-38-36-33-26-24-22-20-17-14-11-8-5-2/h7-8,10-11,16-17,19-20,23-26,28-29,31-32,35,37,57H,4-6,9,12-15,18,21-22,27,30,33-34,36,38-56H2,1-3H3/b10-7-,11-8-,19-16-,20-17-,25-23-,26-24-,29-28-,32-31-,37-35-. The van der Waals surface area contributed by atoms with E-state index >= 15 is 0 Å². The Morgan fingerprint density at radius 2 is 0.591 bits per heavy atom. The van der Waals surface area contributed by atoms with E-state index in [2.05, 4.69) is 130 Å². The van der Waals surface area contributed by atoms with E-state index in [0.29, 0.717) is 19.3 Å². The zero-order valence-electron chi connectivity index (χ0n) is 42.7. The Morgan fingerprint density at radius 3 is 0.924 bits per heavy atom. The molecule has 0 aromatic heterocycles. The second-order valence-electron chi connectivity index (χ2n) is 17.4. The van der Waals surface area contributed by atoms with Crippen molar-refractivity contribution in [2.75, 3.05) is 13.2 Å². The van der Waals surface area contributed by atoms with Crippen molar-refractivity contribution in [3.63, 3.8) is 0 Å².